The van der Waals surface area contributed by atoms with E-state index in [4.69, 9.17) is 0 Å². The van der Waals surface area contributed by atoms with Crippen molar-refractivity contribution in [3.8, 4) is 0 Å². The van der Waals surface area contributed by atoms with E-state index >= 15 is 0 Å². The number of hydrogen-bond donors (Lipinski definition) is 0. The van der Waals surface area contributed by atoms with Crippen LogP contribution in [0.5, 0.6) is 0 Å². The van der Waals surface area contributed by atoms with Gasteiger partial charge in [-0.15, -0.1) is 0 Å². The van der Waals surface area contributed by atoms with Crippen LogP contribution < -0.4 is 10.6 Å². The van der Waals surface area contributed by atoms with Crippen molar-refractivity contribution in [1.82, 2.24) is 0 Å². The molecule has 0 N–H and O–H groups in total. The van der Waals surface area contributed by atoms with Gasteiger partial charge in [0.25, 0.3) is 0 Å². The third-order valence-corrected chi connectivity index (χ3v) is 9.96. The van der Waals surface area contributed by atoms with Crippen molar-refractivity contribution in [2.75, 3.05) is 0 Å². The van der Waals surface area contributed by atoms with Crippen LogP contribution in [0.25, 0.3) is 0 Å². The second kappa shape index (κ2) is 5.22. The van der Waals surface area contributed by atoms with Crippen LogP contribution in [0.2, 0.25) is 0 Å². The molecule has 0 aliphatic carbocycles. The summed E-state index contributed by atoms with van der Waals surface area (Å²) >= 11 is 3.30. The zero-order valence-corrected chi connectivity index (χ0v) is 11.7. The SMILES string of the molecule is O=P(SBr)(c1ccccc1)c1ccccc1. The van der Waals surface area contributed by atoms with E-state index in [0.717, 1.165) is 10.6 Å². The highest BCUT2D eigenvalue weighted by molar-refractivity contribution is 9.58. The average Bonchev–Trinajstić information content (AvgIpc) is 2.40. The summed E-state index contributed by atoms with van der Waals surface area (Å²) in [6.45, 7) is 0. The Labute approximate surface area is 107 Å². The molecule has 16 heavy (non-hydrogen) atoms. The Kier molecular flexibility index (Phi) is 3.91. The van der Waals surface area contributed by atoms with E-state index in [1.165, 1.54) is 9.82 Å². The van der Waals surface area contributed by atoms with Gasteiger partial charge in [-0.2, -0.15) is 0 Å². The van der Waals surface area contributed by atoms with E-state index < -0.39 is 6.34 Å². The maximum absolute atomic E-state index is 12.9. The molecule has 0 bridgehead atoms. The Morgan fingerprint density at radius 2 is 1.19 bits per heavy atom. The summed E-state index contributed by atoms with van der Waals surface area (Å²) in [6, 6.07) is 19.1. The fourth-order valence-corrected chi connectivity index (χ4v) is 7.28. The molecule has 0 heterocycles. The van der Waals surface area contributed by atoms with Gasteiger partial charge in [0.2, 0.25) is 6.34 Å². The molecule has 2 aromatic carbocycles. The lowest BCUT2D eigenvalue weighted by atomic mass is 10.4. The fraction of sp³-hybridized carbons (Fsp3) is 0. The molecule has 1 nitrogen and oxygen atoms in total. The highest BCUT2D eigenvalue weighted by atomic mass is 79.9. The van der Waals surface area contributed by atoms with Gasteiger partial charge < -0.3 is 4.57 Å². The van der Waals surface area contributed by atoms with E-state index in [1.807, 2.05) is 60.7 Å². The Bertz CT molecular complexity index is 457. The molecule has 0 aliphatic heterocycles. The third-order valence-electron chi connectivity index (χ3n) is 2.29. The standard InChI is InChI=1S/C12H10BrOPS/c13-16-15(14,11-7-3-1-4-8-11)12-9-5-2-6-10-12/h1-10H. The highest BCUT2D eigenvalue weighted by Gasteiger charge is 2.26. The monoisotopic (exact) mass is 312 g/mol. The van der Waals surface area contributed by atoms with Gasteiger partial charge in [0.05, 0.1) is 0 Å². The van der Waals surface area contributed by atoms with Crippen LogP contribution in [0.3, 0.4) is 0 Å². The summed E-state index contributed by atoms with van der Waals surface area (Å²) in [5.41, 5.74) is 0. The smallest absolute Gasteiger partial charge is 0.205 e. The van der Waals surface area contributed by atoms with Crippen LogP contribution >= 0.6 is 31.0 Å². The molecular weight excluding hydrogens is 303 g/mol. The topological polar surface area (TPSA) is 17.1 Å². The Balaban J connectivity index is 2.54. The third kappa shape index (κ3) is 2.27. The van der Waals surface area contributed by atoms with E-state index in [9.17, 15) is 4.57 Å². The first kappa shape index (κ1) is 12.0. The number of rotatable bonds is 3. The molecule has 82 valence electrons. The second-order valence-electron chi connectivity index (χ2n) is 3.29. The lowest BCUT2D eigenvalue weighted by Crippen LogP contribution is -2.12. The van der Waals surface area contributed by atoms with Crippen molar-refractivity contribution in [2.24, 2.45) is 0 Å². The van der Waals surface area contributed by atoms with Crippen LogP contribution in [-0.4, -0.2) is 0 Å². The van der Waals surface area contributed by atoms with Crippen LogP contribution in [0.1, 0.15) is 0 Å². The first-order valence-corrected chi connectivity index (χ1v) is 9.76. The zero-order chi connectivity index (χ0) is 11.4. The summed E-state index contributed by atoms with van der Waals surface area (Å²) in [5, 5.41) is 1.73. The Hall–Kier alpha value is -0.500. The Morgan fingerprint density at radius 1 is 0.812 bits per heavy atom. The molecule has 0 saturated carbocycles. The summed E-state index contributed by atoms with van der Waals surface area (Å²) in [7, 11) is 1.25. The van der Waals surface area contributed by atoms with E-state index in [2.05, 4.69) is 14.8 Å². The molecule has 2 aromatic rings. The number of halogens is 1. The molecule has 0 spiro atoms. The molecule has 0 saturated heterocycles. The molecule has 0 aromatic heterocycles. The molecule has 4 heteroatoms. The van der Waals surface area contributed by atoms with Crippen molar-refractivity contribution in [1.29, 1.82) is 0 Å². The van der Waals surface area contributed by atoms with Crippen LogP contribution in [0, 0.1) is 0 Å². The molecule has 0 aliphatic rings. The zero-order valence-electron chi connectivity index (χ0n) is 8.42. The minimum Gasteiger partial charge on any atom is -0.301 e. The lowest BCUT2D eigenvalue weighted by Gasteiger charge is -2.14. The molecule has 2 rings (SSSR count). The predicted molar refractivity (Wildman–Crippen MR) is 76.3 cm³/mol. The predicted octanol–water partition coefficient (Wildman–Crippen LogP) is 3.96. The van der Waals surface area contributed by atoms with Gasteiger partial charge >= 0.3 is 0 Å². The van der Waals surface area contributed by atoms with Gasteiger partial charge in [-0.1, -0.05) is 60.7 Å². The van der Waals surface area contributed by atoms with Gasteiger partial charge in [0, 0.05) is 10.6 Å². The van der Waals surface area contributed by atoms with Gasteiger partial charge in [0.15, 0.2) is 0 Å². The van der Waals surface area contributed by atoms with Crippen molar-refractivity contribution >= 4 is 41.6 Å². The number of benzene rings is 2. The van der Waals surface area contributed by atoms with Gasteiger partial charge in [-0.25, -0.2) is 0 Å². The maximum Gasteiger partial charge on any atom is 0.205 e. The van der Waals surface area contributed by atoms with Crippen molar-refractivity contribution in [3.05, 3.63) is 60.7 Å². The van der Waals surface area contributed by atoms with Crippen molar-refractivity contribution < 1.29 is 4.57 Å². The lowest BCUT2D eigenvalue weighted by molar-refractivity contribution is 0.596. The van der Waals surface area contributed by atoms with Crippen LogP contribution in [0.15, 0.2) is 60.7 Å². The highest BCUT2D eigenvalue weighted by Crippen LogP contribution is 2.59. The van der Waals surface area contributed by atoms with Gasteiger partial charge in [0.1, 0.15) is 0 Å². The first-order valence-electron chi connectivity index (χ1n) is 4.79. The molecular formula is C12H10BrOPS. The molecule has 0 radical (unpaired) electrons. The number of hydrogen-bond acceptors (Lipinski definition) is 2. The first-order chi connectivity index (χ1) is 7.77. The van der Waals surface area contributed by atoms with Gasteiger partial charge in [-0.3, -0.25) is 0 Å². The maximum atomic E-state index is 12.9. The summed E-state index contributed by atoms with van der Waals surface area (Å²) < 4.78 is 12.9. The molecule has 0 fully saturated rings. The summed E-state index contributed by atoms with van der Waals surface area (Å²) in [6.07, 6.45) is -2.57. The Morgan fingerprint density at radius 3 is 1.50 bits per heavy atom. The van der Waals surface area contributed by atoms with Crippen LogP contribution in [-0.2, 0) is 4.57 Å². The fourth-order valence-electron chi connectivity index (χ4n) is 1.48. The summed E-state index contributed by atoms with van der Waals surface area (Å²) in [5.74, 6) is 0. The quantitative estimate of drug-likeness (QED) is 0.798. The molecule has 0 unspecified atom stereocenters. The van der Waals surface area contributed by atoms with Crippen molar-refractivity contribution in [2.45, 2.75) is 0 Å². The van der Waals surface area contributed by atoms with E-state index in [0.29, 0.717) is 0 Å². The molecule has 0 amide bonds. The van der Waals surface area contributed by atoms with E-state index in [1.54, 1.807) is 0 Å². The van der Waals surface area contributed by atoms with E-state index in [-0.39, 0.29) is 0 Å². The van der Waals surface area contributed by atoms with Crippen molar-refractivity contribution in [3.63, 3.8) is 0 Å². The average molecular weight is 313 g/mol. The summed E-state index contributed by atoms with van der Waals surface area (Å²) in [4.78, 5) is 0. The van der Waals surface area contributed by atoms with Crippen LogP contribution in [0.4, 0.5) is 0 Å². The normalized spacial score (nSPS) is 11.3. The largest absolute Gasteiger partial charge is 0.301 e. The minimum atomic E-state index is -2.57. The van der Waals surface area contributed by atoms with Gasteiger partial charge in [-0.05, 0) is 24.6 Å². The second-order valence-corrected chi connectivity index (χ2v) is 10.1. The molecule has 0 atom stereocenters. The minimum absolute atomic E-state index is 0.864.